The monoisotopic (exact) mass is 395 g/mol. The number of aromatic carboxylic acids is 2. The zero-order valence-electron chi connectivity index (χ0n) is 13.8. The van der Waals surface area contributed by atoms with Crippen LogP contribution in [-0.2, 0) is 10.0 Å². The lowest BCUT2D eigenvalue weighted by Crippen LogP contribution is -2.27. The van der Waals surface area contributed by atoms with Crippen molar-refractivity contribution in [2.45, 2.75) is 4.90 Å². The minimum absolute atomic E-state index is 0.0932. The molecule has 0 atom stereocenters. The quantitative estimate of drug-likeness (QED) is 0.355. The molecule has 0 amide bonds. The molecule has 0 aromatic heterocycles. The molecule has 0 saturated carbocycles. The van der Waals surface area contributed by atoms with E-state index in [1.807, 2.05) is 0 Å². The maximum atomic E-state index is 12.5. The summed E-state index contributed by atoms with van der Waals surface area (Å²) in [6.07, 6.45) is 0. The first-order valence-electron chi connectivity index (χ1n) is 7.49. The van der Waals surface area contributed by atoms with Gasteiger partial charge in [0, 0.05) is 29.0 Å². The zero-order valence-corrected chi connectivity index (χ0v) is 14.7. The van der Waals surface area contributed by atoms with Crippen LogP contribution in [0.2, 0.25) is 0 Å². The molecule has 27 heavy (non-hydrogen) atoms. The molecule has 0 spiro atoms. The van der Waals surface area contributed by atoms with Crippen LogP contribution in [-0.4, -0.2) is 48.8 Å². The van der Waals surface area contributed by atoms with E-state index < -0.39 is 39.7 Å². The summed E-state index contributed by atoms with van der Waals surface area (Å²) in [5.41, 5.74) is 9.75. The highest BCUT2D eigenvalue weighted by Crippen LogP contribution is 2.36. The summed E-state index contributed by atoms with van der Waals surface area (Å²) in [6.45, 7) is -0.752. The van der Waals surface area contributed by atoms with Crippen LogP contribution in [0, 0.1) is 0 Å². The Balaban J connectivity index is 2.92. The predicted octanol–water partition coefficient (Wildman–Crippen LogP) is 0.185. The molecule has 8 N–H and O–H groups in total. The first-order chi connectivity index (χ1) is 12.6. The third-order valence-corrected chi connectivity index (χ3v) is 5.11. The second-order valence-electron chi connectivity index (χ2n) is 5.48. The predicted molar refractivity (Wildman–Crippen MR) is 96.9 cm³/mol. The Bertz CT molecular complexity index is 984. The van der Waals surface area contributed by atoms with Crippen molar-refractivity contribution in [3.05, 3.63) is 41.5 Å². The van der Waals surface area contributed by atoms with Crippen molar-refractivity contribution in [1.82, 2.24) is 4.72 Å². The highest BCUT2D eigenvalue weighted by Gasteiger charge is 2.27. The van der Waals surface area contributed by atoms with E-state index in [2.05, 4.69) is 4.72 Å². The number of anilines is 2. The molecule has 144 valence electrons. The molecule has 0 heterocycles. The average Bonchev–Trinajstić information content (AvgIpc) is 2.58. The first-order valence-corrected chi connectivity index (χ1v) is 8.97. The lowest BCUT2D eigenvalue weighted by atomic mass is 9.93. The molecule has 0 bridgehead atoms. The van der Waals surface area contributed by atoms with Crippen LogP contribution >= 0.6 is 0 Å². The molecule has 0 aliphatic rings. The van der Waals surface area contributed by atoms with Crippen LogP contribution in [0.1, 0.15) is 20.7 Å². The SMILES string of the molecule is Nc1cc(C(=O)O)c(-c2cc(N)ccc2S(=O)(=O)NCCO)c(C(=O)O)c1. The van der Waals surface area contributed by atoms with Crippen molar-refractivity contribution in [3.63, 3.8) is 0 Å². The van der Waals surface area contributed by atoms with Crippen molar-refractivity contribution in [2.24, 2.45) is 0 Å². The van der Waals surface area contributed by atoms with Gasteiger partial charge in [-0.3, -0.25) is 0 Å². The number of aliphatic hydroxyl groups excluding tert-OH is 1. The molecule has 2 rings (SSSR count). The number of rotatable bonds is 7. The third kappa shape index (κ3) is 4.16. The summed E-state index contributed by atoms with van der Waals surface area (Å²) < 4.78 is 27.2. The molecular formula is C16H17N3O7S. The Kier molecular flexibility index (Phi) is 5.69. The van der Waals surface area contributed by atoms with E-state index in [1.165, 1.54) is 6.07 Å². The van der Waals surface area contributed by atoms with E-state index in [0.29, 0.717) is 0 Å². The van der Waals surface area contributed by atoms with Gasteiger partial charge in [0.25, 0.3) is 0 Å². The van der Waals surface area contributed by atoms with Gasteiger partial charge in [-0.25, -0.2) is 22.7 Å². The summed E-state index contributed by atoms with van der Waals surface area (Å²) in [7, 11) is -4.20. The van der Waals surface area contributed by atoms with Crippen molar-refractivity contribution < 1.29 is 33.3 Å². The van der Waals surface area contributed by atoms with E-state index in [1.54, 1.807) is 0 Å². The number of sulfonamides is 1. The van der Waals surface area contributed by atoms with Gasteiger partial charge in [0.15, 0.2) is 0 Å². The van der Waals surface area contributed by atoms with E-state index in [9.17, 15) is 28.2 Å². The Morgan fingerprint density at radius 1 is 0.963 bits per heavy atom. The van der Waals surface area contributed by atoms with Crippen LogP contribution < -0.4 is 16.2 Å². The number of aliphatic hydroxyl groups is 1. The number of hydrogen-bond donors (Lipinski definition) is 6. The Morgan fingerprint density at radius 2 is 1.52 bits per heavy atom. The van der Waals surface area contributed by atoms with Gasteiger partial charge in [-0.05, 0) is 30.3 Å². The average molecular weight is 395 g/mol. The van der Waals surface area contributed by atoms with Gasteiger partial charge in [-0.15, -0.1) is 0 Å². The largest absolute Gasteiger partial charge is 0.478 e. The zero-order chi connectivity index (χ0) is 20.4. The number of carbonyl (C=O) groups is 2. The van der Waals surface area contributed by atoms with E-state index in [0.717, 1.165) is 24.3 Å². The molecule has 0 unspecified atom stereocenters. The fourth-order valence-corrected chi connectivity index (χ4v) is 3.74. The second-order valence-corrected chi connectivity index (χ2v) is 7.21. The van der Waals surface area contributed by atoms with Gasteiger partial charge in [0.05, 0.1) is 22.6 Å². The molecule has 0 radical (unpaired) electrons. The number of nitrogens with one attached hydrogen (secondary N) is 1. The molecular weight excluding hydrogens is 378 g/mol. The minimum Gasteiger partial charge on any atom is -0.478 e. The van der Waals surface area contributed by atoms with Crippen molar-refractivity contribution >= 4 is 33.3 Å². The molecule has 2 aromatic rings. The molecule has 2 aromatic carbocycles. The van der Waals surface area contributed by atoms with Gasteiger partial charge in [0.2, 0.25) is 10.0 Å². The molecule has 0 saturated heterocycles. The highest BCUT2D eigenvalue weighted by atomic mass is 32.2. The Morgan fingerprint density at radius 3 is 2.00 bits per heavy atom. The lowest BCUT2D eigenvalue weighted by molar-refractivity contribution is 0.0696. The van der Waals surface area contributed by atoms with Gasteiger partial charge < -0.3 is 26.8 Å². The fourth-order valence-electron chi connectivity index (χ4n) is 2.53. The van der Waals surface area contributed by atoms with Crippen LogP contribution in [0.5, 0.6) is 0 Å². The number of hydrogen-bond acceptors (Lipinski definition) is 7. The lowest BCUT2D eigenvalue weighted by Gasteiger charge is -2.16. The minimum atomic E-state index is -4.20. The number of nitrogen functional groups attached to an aromatic ring is 2. The summed E-state index contributed by atoms with van der Waals surface area (Å²) >= 11 is 0. The molecule has 0 aliphatic heterocycles. The normalized spacial score (nSPS) is 11.3. The topological polar surface area (TPSA) is 193 Å². The fraction of sp³-hybridized carbons (Fsp3) is 0.125. The standard InChI is InChI=1S/C16H17N3O7S/c17-8-1-2-13(27(25,26)19-3-4-20)10(5-8)14-11(15(21)22)6-9(18)7-12(14)16(23)24/h1-2,5-7,19-20H,3-4,17-18H2,(H,21,22)(H,23,24). The summed E-state index contributed by atoms with van der Waals surface area (Å²) in [5.74, 6) is -2.98. The summed E-state index contributed by atoms with van der Waals surface area (Å²) in [6, 6.07) is 5.63. The summed E-state index contributed by atoms with van der Waals surface area (Å²) in [4.78, 5) is 22.9. The van der Waals surface area contributed by atoms with E-state index in [4.69, 9.17) is 16.6 Å². The molecule has 11 heteroatoms. The van der Waals surface area contributed by atoms with Crippen molar-refractivity contribution in [3.8, 4) is 11.1 Å². The van der Waals surface area contributed by atoms with Crippen LogP contribution in [0.25, 0.3) is 11.1 Å². The van der Waals surface area contributed by atoms with Gasteiger partial charge in [-0.2, -0.15) is 0 Å². The van der Waals surface area contributed by atoms with Gasteiger partial charge in [0.1, 0.15) is 0 Å². The number of nitrogens with two attached hydrogens (primary N) is 2. The smallest absolute Gasteiger partial charge is 0.336 e. The maximum absolute atomic E-state index is 12.5. The van der Waals surface area contributed by atoms with Crippen LogP contribution in [0.15, 0.2) is 35.2 Å². The Labute approximate surface area is 154 Å². The first kappa shape index (κ1) is 20.2. The maximum Gasteiger partial charge on any atom is 0.336 e. The highest BCUT2D eigenvalue weighted by molar-refractivity contribution is 7.89. The van der Waals surface area contributed by atoms with Crippen LogP contribution in [0.3, 0.4) is 0 Å². The Hall–Kier alpha value is -3.15. The molecule has 10 nitrogen and oxygen atoms in total. The van der Waals surface area contributed by atoms with E-state index in [-0.39, 0.29) is 33.9 Å². The molecule has 0 fully saturated rings. The summed E-state index contributed by atoms with van der Waals surface area (Å²) in [5, 5.41) is 27.8. The second kappa shape index (κ2) is 7.61. The number of benzene rings is 2. The van der Waals surface area contributed by atoms with Crippen LogP contribution in [0.4, 0.5) is 11.4 Å². The van der Waals surface area contributed by atoms with Crippen molar-refractivity contribution in [2.75, 3.05) is 24.6 Å². The molecule has 0 aliphatic carbocycles. The number of carboxylic acid groups (broad SMARTS) is 2. The third-order valence-electron chi connectivity index (χ3n) is 3.59. The van der Waals surface area contributed by atoms with Gasteiger partial charge >= 0.3 is 11.9 Å². The van der Waals surface area contributed by atoms with Crippen molar-refractivity contribution in [1.29, 1.82) is 0 Å². The van der Waals surface area contributed by atoms with E-state index >= 15 is 0 Å². The van der Waals surface area contributed by atoms with Gasteiger partial charge in [-0.1, -0.05) is 0 Å². The number of carboxylic acids is 2.